The van der Waals surface area contributed by atoms with Gasteiger partial charge in [-0.25, -0.2) is 0 Å². The Morgan fingerprint density at radius 3 is 1.15 bits per heavy atom. The molecule has 0 spiro atoms. The molecule has 0 bridgehead atoms. The quantitative estimate of drug-likeness (QED) is 0.113. The summed E-state index contributed by atoms with van der Waals surface area (Å²) in [5.74, 6) is 0. The molecule has 0 unspecified atom stereocenters. The van der Waals surface area contributed by atoms with Crippen molar-refractivity contribution >= 4 is 94.1 Å². The Morgan fingerprint density at radius 2 is 0.926 bits per heavy atom. The van der Waals surface area contributed by atoms with Crippen LogP contribution in [0.3, 0.4) is 0 Å². The fourth-order valence-corrected chi connectivity index (χ4v) is 2.44. The van der Waals surface area contributed by atoms with Gasteiger partial charge in [0.25, 0.3) is 0 Å². The molecule has 7 heteroatoms. The van der Waals surface area contributed by atoms with Crippen LogP contribution in [0, 0.1) is 0 Å². The molecule has 0 aliphatic carbocycles. The molecule has 0 amide bonds. The predicted molar refractivity (Wildman–Crippen MR) is 131 cm³/mol. The summed E-state index contributed by atoms with van der Waals surface area (Å²) in [5, 5.41) is 4.69. The standard InChI is InChI=1S/C8H17.3C4H6OS.Sn/c1-3-5-7-8-6-4-2;3*5-3-1-2-4-6;/h1,3-8H2,2H3;3*3-4H,1-2H2;. The van der Waals surface area contributed by atoms with Crippen molar-refractivity contribution in [1.29, 1.82) is 0 Å². The van der Waals surface area contributed by atoms with Crippen LogP contribution in [0.4, 0.5) is 0 Å². The molecule has 3 nitrogen and oxygen atoms in total. The fourth-order valence-electron chi connectivity index (χ4n) is 1.31. The van der Waals surface area contributed by atoms with Crippen molar-refractivity contribution in [3.8, 4) is 0 Å². The fraction of sp³-hybridized carbons (Fsp3) is 0.700. The summed E-state index contributed by atoms with van der Waals surface area (Å²) < 4.78 is 1.46. The first-order chi connectivity index (χ1) is 13.2. The van der Waals surface area contributed by atoms with E-state index in [1.165, 1.54) is 43.0 Å². The van der Waals surface area contributed by atoms with Crippen molar-refractivity contribution in [2.45, 2.75) is 88.4 Å². The van der Waals surface area contributed by atoms with E-state index in [-0.39, 0.29) is 0 Å². The van der Waals surface area contributed by atoms with Crippen molar-refractivity contribution < 1.29 is 14.4 Å². The van der Waals surface area contributed by atoms with Crippen molar-refractivity contribution in [2.24, 2.45) is 0 Å². The molecule has 0 atom stereocenters. The molecule has 27 heavy (non-hydrogen) atoms. The summed E-state index contributed by atoms with van der Waals surface area (Å²) in [5.41, 5.74) is 0. The molecule has 0 aliphatic heterocycles. The number of hydrogen-bond donors (Lipinski definition) is 0. The van der Waals surface area contributed by atoms with Gasteiger partial charge in [-0.05, 0) is 35.4 Å². The molecule has 3 radical (unpaired) electrons. The number of aldehydes is 3. The first kappa shape index (κ1) is 34.6. The predicted octanol–water partition coefficient (Wildman–Crippen LogP) is 5.83. The minimum atomic E-state index is 0.573. The third-order valence-corrected chi connectivity index (χ3v) is 4.45. The van der Waals surface area contributed by atoms with Gasteiger partial charge >= 0.3 is 72.4 Å². The zero-order valence-corrected chi connectivity index (χ0v) is 21.9. The maximum Gasteiger partial charge on any atom is 0.120 e. The molecule has 0 saturated heterocycles. The maximum atomic E-state index is 9.50. The first-order valence-corrected chi connectivity index (χ1v) is 12.9. The molecule has 155 valence electrons. The summed E-state index contributed by atoms with van der Waals surface area (Å²) in [6, 6.07) is 0. The van der Waals surface area contributed by atoms with Crippen LogP contribution in [0.15, 0.2) is 0 Å². The smallest absolute Gasteiger partial charge is 0.120 e. The molecular weight excluding hydrogens is 503 g/mol. The van der Waals surface area contributed by atoms with Gasteiger partial charge in [0.1, 0.15) is 18.9 Å². The second-order valence-electron chi connectivity index (χ2n) is 5.25. The second-order valence-corrected chi connectivity index (χ2v) is 7.68. The average molecular weight is 538 g/mol. The molecule has 0 fully saturated rings. The van der Waals surface area contributed by atoms with Gasteiger partial charge < -0.3 is 14.4 Å². The van der Waals surface area contributed by atoms with E-state index in [1.807, 2.05) is 0 Å². The molecule has 0 aromatic carbocycles. The Bertz CT molecular complexity index is 260. The van der Waals surface area contributed by atoms with E-state index in [0.717, 1.165) is 38.1 Å². The Labute approximate surface area is 195 Å². The Hall–Kier alpha value is 0.0787. The van der Waals surface area contributed by atoms with E-state index in [4.69, 9.17) is 0 Å². The zero-order valence-electron chi connectivity index (χ0n) is 16.6. The van der Waals surface area contributed by atoms with Crippen LogP contribution < -0.4 is 0 Å². The van der Waals surface area contributed by atoms with Crippen LogP contribution in [0.2, 0.25) is 4.44 Å². The minimum absolute atomic E-state index is 0.573. The summed E-state index contributed by atoms with van der Waals surface area (Å²) in [7, 11) is 0. The molecular formula is C20H35O3S3Sn. The third-order valence-electron chi connectivity index (χ3n) is 2.74. The van der Waals surface area contributed by atoms with Gasteiger partial charge in [-0.2, -0.15) is 0 Å². The summed E-state index contributed by atoms with van der Waals surface area (Å²) in [4.78, 5) is 28.5. The van der Waals surface area contributed by atoms with Crippen LogP contribution in [-0.2, 0) is 14.4 Å². The van der Waals surface area contributed by atoms with Gasteiger partial charge in [0.2, 0.25) is 0 Å². The van der Waals surface area contributed by atoms with Crippen LogP contribution in [0.25, 0.3) is 0 Å². The summed E-state index contributed by atoms with van der Waals surface area (Å²) >= 11 is 15.0. The van der Waals surface area contributed by atoms with Crippen molar-refractivity contribution in [3.05, 3.63) is 0 Å². The first-order valence-electron chi connectivity index (χ1n) is 9.42. The normalized spacial score (nSPS) is 8.22. The molecule has 0 aromatic rings. The number of rotatable bonds is 15. The SMILES string of the molecule is CCCCCCC[CH2][Sn].O=CCCC=S.O=CCCC=S.O=CCCC=S. The van der Waals surface area contributed by atoms with Gasteiger partial charge in [0, 0.05) is 19.3 Å². The van der Waals surface area contributed by atoms with E-state index in [0.29, 0.717) is 19.3 Å². The van der Waals surface area contributed by atoms with Gasteiger partial charge in [-0.15, -0.1) is 0 Å². The monoisotopic (exact) mass is 539 g/mol. The van der Waals surface area contributed by atoms with Gasteiger partial charge in [-0.3, -0.25) is 0 Å². The number of carbonyl (C=O) groups excluding carboxylic acids is 3. The van der Waals surface area contributed by atoms with E-state index in [1.54, 1.807) is 38.6 Å². The summed E-state index contributed by atoms with van der Waals surface area (Å²) in [6.45, 7) is 2.27. The summed E-state index contributed by atoms with van der Waals surface area (Å²) in [6.07, 6.45) is 15.2. The molecule has 0 aromatic heterocycles. The Balaban J connectivity index is -0.000000133. The molecule has 0 N–H and O–H groups in total. The van der Waals surface area contributed by atoms with Gasteiger partial charge in [0.05, 0.1) is 0 Å². The Kier molecular flexibility index (Phi) is 57.7. The van der Waals surface area contributed by atoms with E-state index in [9.17, 15) is 14.4 Å². The van der Waals surface area contributed by atoms with E-state index < -0.39 is 0 Å². The number of thiocarbonyl (C=S) groups is 3. The van der Waals surface area contributed by atoms with Gasteiger partial charge in [-0.1, -0.05) is 36.7 Å². The van der Waals surface area contributed by atoms with Crippen molar-refractivity contribution in [3.63, 3.8) is 0 Å². The van der Waals surface area contributed by atoms with E-state index >= 15 is 0 Å². The van der Waals surface area contributed by atoms with Crippen molar-refractivity contribution in [1.82, 2.24) is 0 Å². The number of carbonyl (C=O) groups is 3. The van der Waals surface area contributed by atoms with Gasteiger partial charge in [0.15, 0.2) is 0 Å². The maximum absolute atomic E-state index is 9.50. The van der Waals surface area contributed by atoms with Crippen LogP contribution >= 0.6 is 36.7 Å². The Morgan fingerprint density at radius 1 is 0.593 bits per heavy atom. The minimum Gasteiger partial charge on any atom is -0.303 e. The number of unbranched alkanes of at least 4 members (excludes halogenated alkanes) is 8. The molecule has 0 rings (SSSR count). The third kappa shape index (κ3) is 66.5. The van der Waals surface area contributed by atoms with Crippen LogP contribution in [-0.4, -0.2) is 57.5 Å². The second kappa shape index (κ2) is 45.1. The van der Waals surface area contributed by atoms with E-state index in [2.05, 4.69) is 43.6 Å². The zero-order chi connectivity index (χ0) is 21.4. The molecule has 0 heterocycles. The van der Waals surface area contributed by atoms with Crippen molar-refractivity contribution in [2.75, 3.05) is 0 Å². The largest absolute Gasteiger partial charge is 0.303 e. The molecule has 0 saturated carbocycles. The number of hydrogen-bond acceptors (Lipinski definition) is 6. The molecule has 0 aliphatic rings. The van der Waals surface area contributed by atoms with Crippen LogP contribution in [0.5, 0.6) is 0 Å². The van der Waals surface area contributed by atoms with Crippen LogP contribution in [0.1, 0.15) is 84.0 Å². The average Bonchev–Trinajstić information content (AvgIpc) is 2.70. The topological polar surface area (TPSA) is 51.2 Å².